The molecular formula is C28H37N7O5. The van der Waals surface area contributed by atoms with Crippen LogP contribution in [0.2, 0.25) is 0 Å². The van der Waals surface area contributed by atoms with E-state index in [0.29, 0.717) is 37.4 Å². The average Bonchev–Trinajstić information content (AvgIpc) is 3.00. The Morgan fingerprint density at radius 3 is 2.38 bits per heavy atom. The standard InChI is InChI=1S/C28H37N7O5/c36-21-15-24-25(29-17-21)16-26(35-8-12-38-13-9-35)33-27(24)40-22-3-1-20(2-4-22)32-28-30-18-23(19-31-28)39-14-7-34-5-10-37-11-6-34/h15-20,22,36H,1-14H2,(H,30,31,32). The molecule has 1 saturated carbocycles. The van der Waals surface area contributed by atoms with Crippen LogP contribution in [0.4, 0.5) is 11.8 Å². The molecule has 0 unspecified atom stereocenters. The third-order valence-corrected chi connectivity index (χ3v) is 7.65. The maximum Gasteiger partial charge on any atom is 0.225 e. The summed E-state index contributed by atoms with van der Waals surface area (Å²) in [7, 11) is 0. The van der Waals surface area contributed by atoms with Crippen molar-refractivity contribution in [3.8, 4) is 17.4 Å². The van der Waals surface area contributed by atoms with Gasteiger partial charge in [-0.15, -0.1) is 0 Å². The van der Waals surface area contributed by atoms with Gasteiger partial charge in [0.05, 0.1) is 55.9 Å². The Morgan fingerprint density at radius 1 is 0.900 bits per heavy atom. The van der Waals surface area contributed by atoms with E-state index in [-0.39, 0.29) is 17.9 Å². The Hall–Kier alpha value is -3.48. The maximum absolute atomic E-state index is 10.1. The Labute approximate surface area is 233 Å². The summed E-state index contributed by atoms with van der Waals surface area (Å²) in [5, 5.41) is 14.2. The number of ether oxygens (including phenoxy) is 4. The third kappa shape index (κ3) is 6.80. The summed E-state index contributed by atoms with van der Waals surface area (Å²) >= 11 is 0. The van der Waals surface area contributed by atoms with Crippen LogP contribution in [0.25, 0.3) is 10.9 Å². The topological polar surface area (TPSA) is 127 Å². The van der Waals surface area contributed by atoms with Crippen molar-refractivity contribution in [3.63, 3.8) is 0 Å². The molecule has 3 aromatic rings. The van der Waals surface area contributed by atoms with Crippen molar-refractivity contribution < 1.29 is 24.1 Å². The normalized spacial score (nSPS) is 22.2. The summed E-state index contributed by atoms with van der Waals surface area (Å²) in [5.74, 6) is 2.73. The number of aromatic hydroxyl groups is 1. The van der Waals surface area contributed by atoms with Crippen molar-refractivity contribution in [2.24, 2.45) is 0 Å². The molecule has 5 heterocycles. The van der Waals surface area contributed by atoms with Crippen molar-refractivity contribution in [3.05, 3.63) is 30.7 Å². The molecule has 0 bridgehead atoms. The van der Waals surface area contributed by atoms with Crippen LogP contribution in [0.15, 0.2) is 30.7 Å². The Morgan fingerprint density at radius 2 is 1.62 bits per heavy atom. The predicted octanol–water partition coefficient (Wildman–Crippen LogP) is 2.48. The van der Waals surface area contributed by atoms with Gasteiger partial charge in [0.2, 0.25) is 11.8 Å². The molecule has 2 saturated heterocycles. The lowest BCUT2D eigenvalue weighted by atomic mass is 9.93. The smallest absolute Gasteiger partial charge is 0.225 e. The first-order chi connectivity index (χ1) is 19.7. The van der Waals surface area contributed by atoms with Crippen LogP contribution in [0, 0.1) is 0 Å². The number of nitrogens with one attached hydrogen (secondary N) is 1. The minimum atomic E-state index is 0.0270. The van der Waals surface area contributed by atoms with E-state index in [2.05, 4.69) is 30.1 Å². The first kappa shape index (κ1) is 26.7. The van der Waals surface area contributed by atoms with Crippen molar-refractivity contribution in [1.82, 2.24) is 24.8 Å². The zero-order chi connectivity index (χ0) is 27.1. The Kier molecular flexibility index (Phi) is 8.55. The predicted molar refractivity (Wildman–Crippen MR) is 149 cm³/mol. The number of hydrogen-bond donors (Lipinski definition) is 2. The molecule has 3 aliphatic rings. The minimum Gasteiger partial charge on any atom is -0.506 e. The molecule has 12 nitrogen and oxygen atoms in total. The molecule has 0 radical (unpaired) electrons. The van der Waals surface area contributed by atoms with E-state index >= 15 is 0 Å². The van der Waals surface area contributed by atoms with Crippen LogP contribution in [-0.4, -0.2) is 108 Å². The number of morpholine rings is 2. The summed E-state index contributed by atoms with van der Waals surface area (Å²) in [6.45, 7) is 7.84. The van der Waals surface area contributed by atoms with E-state index in [1.54, 1.807) is 18.5 Å². The zero-order valence-corrected chi connectivity index (χ0v) is 22.7. The number of anilines is 2. The summed E-state index contributed by atoms with van der Waals surface area (Å²) in [6.07, 6.45) is 8.54. The highest BCUT2D eigenvalue weighted by molar-refractivity contribution is 5.86. The van der Waals surface area contributed by atoms with Gasteiger partial charge in [0, 0.05) is 44.8 Å². The van der Waals surface area contributed by atoms with Gasteiger partial charge in [0.15, 0.2) is 5.75 Å². The van der Waals surface area contributed by atoms with Crippen molar-refractivity contribution in [2.75, 3.05) is 76.0 Å². The van der Waals surface area contributed by atoms with Gasteiger partial charge in [-0.2, -0.15) is 4.98 Å². The molecule has 12 heteroatoms. The van der Waals surface area contributed by atoms with Gasteiger partial charge in [-0.3, -0.25) is 9.88 Å². The lowest BCUT2D eigenvalue weighted by Crippen LogP contribution is -2.38. The number of fused-ring (bicyclic) bond motifs is 1. The van der Waals surface area contributed by atoms with Gasteiger partial charge >= 0.3 is 0 Å². The van der Waals surface area contributed by atoms with Crippen LogP contribution < -0.4 is 19.7 Å². The van der Waals surface area contributed by atoms with Crippen molar-refractivity contribution in [2.45, 2.75) is 37.8 Å². The van der Waals surface area contributed by atoms with Gasteiger partial charge in [-0.25, -0.2) is 9.97 Å². The Balaban J connectivity index is 1.01. The van der Waals surface area contributed by atoms with Crippen LogP contribution >= 0.6 is 0 Å². The third-order valence-electron chi connectivity index (χ3n) is 7.65. The second kappa shape index (κ2) is 12.8. The molecule has 0 aromatic carbocycles. The Bertz CT molecular complexity index is 1240. The van der Waals surface area contributed by atoms with E-state index in [1.807, 2.05) is 6.07 Å². The molecule has 3 fully saturated rings. The van der Waals surface area contributed by atoms with Crippen LogP contribution in [0.1, 0.15) is 25.7 Å². The average molecular weight is 552 g/mol. The van der Waals surface area contributed by atoms with E-state index in [0.717, 1.165) is 88.3 Å². The lowest BCUT2D eigenvalue weighted by Gasteiger charge is -2.31. The molecule has 0 amide bonds. The van der Waals surface area contributed by atoms with Crippen molar-refractivity contribution in [1.29, 1.82) is 0 Å². The number of aromatic nitrogens is 4. The molecule has 2 aliphatic heterocycles. The van der Waals surface area contributed by atoms with Crippen molar-refractivity contribution >= 4 is 22.7 Å². The molecule has 0 atom stereocenters. The van der Waals surface area contributed by atoms with Gasteiger partial charge in [-0.1, -0.05) is 0 Å². The highest BCUT2D eigenvalue weighted by Gasteiger charge is 2.25. The first-order valence-corrected chi connectivity index (χ1v) is 14.2. The fraction of sp³-hybridized carbons (Fsp3) is 0.571. The second-order valence-electron chi connectivity index (χ2n) is 10.4. The number of hydrogen-bond acceptors (Lipinski definition) is 12. The van der Waals surface area contributed by atoms with E-state index in [4.69, 9.17) is 23.9 Å². The molecule has 214 valence electrons. The minimum absolute atomic E-state index is 0.0270. The van der Waals surface area contributed by atoms with E-state index in [1.165, 1.54) is 6.20 Å². The first-order valence-electron chi connectivity index (χ1n) is 14.2. The van der Waals surface area contributed by atoms with Gasteiger partial charge in [-0.05, 0) is 31.7 Å². The zero-order valence-electron chi connectivity index (χ0n) is 22.7. The van der Waals surface area contributed by atoms with Crippen LogP contribution in [-0.2, 0) is 9.47 Å². The highest BCUT2D eigenvalue weighted by Crippen LogP contribution is 2.33. The summed E-state index contributed by atoms with van der Waals surface area (Å²) in [4.78, 5) is 22.7. The van der Waals surface area contributed by atoms with E-state index < -0.39 is 0 Å². The quantitative estimate of drug-likeness (QED) is 0.406. The molecular weight excluding hydrogens is 514 g/mol. The monoisotopic (exact) mass is 551 g/mol. The van der Waals surface area contributed by atoms with Gasteiger partial charge in [0.1, 0.15) is 24.3 Å². The van der Waals surface area contributed by atoms with Crippen LogP contribution in [0.5, 0.6) is 17.4 Å². The molecule has 3 aromatic heterocycles. The molecule has 0 spiro atoms. The van der Waals surface area contributed by atoms with Crippen LogP contribution in [0.3, 0.4) is 0 Å². The molecule has 40 heavy (non-hydrogen) atoms. The number of nitrogens with zero attached hydrogens (tertiary/aromatic N) is 6. The number of rotatable bonds is 9. The molecule has 6 rings (SSSR count). The largest absolute Gasteiger partial charge is 0.506 e. The van der Waals surface area contributed by atoms with Gasteiger partial charge in [0.25, 0.3) is 0 Å². The molecule has 1 aliphatic carbocycles. The highest BCUT2D eigenvalue weighted by atomic mass is 16.5. The maximum atomic E-state index is 10.1. The summed E-state index contributed by atoms with van der Waals surface area (Å²) in [5.41, 5.74) is 0.755. The second-order valence-corrected chi connectivity index (χ2v) is 10.4. The number of pyridine rings is 2. The lowest BCUT2D eigenvalue weighted by molar-refractivity contribution is 0.0322. The SMILES string of the molecule is Oc1cnc2cc(N3CCOCC3)nc(OC3CCC(Nc4ncc(OCCN5CCOCC5)cn4)CC3)c2c1. The van der Waals surface area contributed by atoms with Gasteiger partial charge < -0.3 is 34.3 Å². The summed E-state index contributed by atoms with van der Waals surface area (Å²) < 4.78 is 23.1. The van der Waals surface area contributed by atoms with E-state index in [9.17, 15) is 5.11 Å². The fourth-order valence-electron chi connectivity index (χ4n) is 5.36. The summed E-state index contributed by atoms with van der Waals surface area (Å²) in [6, 6.07) is 3.89. The fourth-order valence-corrected chi connectivity index (χ4v) is 5.36. The molecule has 2 N–H and O–H groups in total.